The normalized spacial score (nSPS) is 10.3. The summed E-state index contributed by atoms with van der Waals surface area (Å²) in [5.74, 6) is -0.945. The Morgan fingerprint density at radius 2 is 2.05 bits per heavy atom. The number of esters is 1. The highest BCUT2D eigenvalue weighted by Crippen LogP contribution is 2.28. The zero-order valence-electron chi connectivity index (χ0n) is 11.1. The highest BCUT2D eigenvalue weighted by molar-refractivity contribution is 7.17. The lowest BCUT2D eigenvalue weighted by molar-refractivity contribution is 0.0605. The van der Waals surface area contributed by atoms with Crippen LogP contribution in [0, 0.1) is 6.92 Å². The largest absolute Gasteiger partial charge is 0.465 e. The first-order valence-electron chi connectivity index (χ1n) is 5.75. The van der Waals surface area contributed by atoms with Crippen molar-refractivity contribution in [3.63, 3.8) is 0 Å². The molecule has 0 unspecified atom stereocenters. The molecule has 0 spiro atoms. The lowest BCUT2D eigenvalue weighted by atomic mass is 10.2. The lowest BCUT2D eigenvalue weighted by Gasteiger charge is -2.04. The number of thiazole rings is 1. The smallest absolute Gasteiger partial charge is 0.350 e. The van der Waals surface area contributed by atoms with Crippen molar-refractivity contribution in [3.8, 4) is 0 Å². The monoisotopic (exact) mass is 344 g/mol. The molecule has 5 nitrogen and oxygen atoms in total. The predicted molar refractivity (Wildman–Crippen MR) is 82.6 cm³/mol. The average Bonchev–Trinajstić information content (AvgIpc) is 2.81. The van der Waals surface area contributed by atoms with Crippen LogP contribution in [0.25, 0.3) is 0 Å². The Kier molecular flexibility index (Phi) is 4.82. The summed E-state index contributed by atoms with van der Waals surface area (Å²) in [7, 11) is 1.28. The van der Waals surface area contributed by atoms with Crippen molar-refractivity contribution in [2.24, 2.45) is 0 Å². The van der Waals surface area contributed by atoms with E-state index < -0.39 is 11.9 Å². The minimum absolute atomic E-state index is 0.165. The molecule has 1 N–H and O–H groups in total. The number of carbonyl (C=O) groups excluding carboxylic acids is 2. The predicted octanol–water partition coefficient (Wildman–Crippen LogP) is 3.80. The topological polar surface area (TPSA) is 68.3 Å². The summed E-state index contributed by atoms with van der Waals surface area (Å²) in [5, 5.41) is 3.32. The Morgan fingerprint density at radius 3 is 2.71 bits per heavy atom. The Bertz CT molecular complexity index is 715. The molecule has 0 fully saturated rings. The average molecular weight is 345 g/mol. The van der Waals surface area contributed by atoms with Crippen molar-refractivity contribution >= 4 is 51.5 Å². The number of rotatable bonds is 3. The van der Waals surface area contributed by atoms with Crippen LogP contribution < -0.4 is 5.32 Å². The van der Waals surface area contributed by atoms with Gasteiger partial charge < -0.3 is 4.74 Å². The molecule has 1 heterocycles. The number of hydrogen-bond donors (Lipinski definition) is 1. The van der Waals surface area contributed by atoms with E-state index >= 15 is 0 Å². The first kappa shape index (κ1) is 15.8. The number of nitrogens with zero attached hydrogens (tertiary/aromatic N) is 1. The first-order chi connectivity index (χ1) is 9.93. The van der Waals surface area contributed by atoms with Crippen LogP contribution >= 0.6 is 34.5 Å². The van der Waals surface area contributed by atoms with Gasteiger partial charge in [-0.1, -0.05) is 40.6 Å². The molecule has 8 heteroatoms. The SMILES string of the molecule is COC(=O)c1sc(NC(=O)c2cccc(Cl)c2Cl)nc1C. The highest BCUT2D eigenvalue weighted by Gasteiger charge is 2.18. The molecule has 0 radical (unpaired) electrons. The fourth-order valence-corrected chi connectivity index (χ4v) is 2.84. The molecule has 0 saturated carbocycles. The third kappa shape index (κ3) is 3.34. The Hall–Kier alpha value is -1.63. The molecule has 0 saturated heterocycles. The highest BCUT2D eigenvalue weighted by atomic mass is 35.5. The molecule has 2 rings (SSSR count). The van der Waals surface area contributed by atoms with Gasteiger partial charge in [0.05, 0.1) is 28.4 Å². The molecule has 0 aliphatic rings. The number of carbonyl (C=O) groups is 2. The second-order valence-corrected chi connectivity index (χ2v) is 5.76. The van der Waals surface area contributed by atoms with Crippen molar-refractivity contribution in [2.75, 3.05) is 12.4 Å². The molecule has 110 valence electrons. The second kappa shape index (κ2) is 6.43. The second-order valence-electron chi connectivity index (χ2n) is 3.98. The Labute approximate surface area is 134 Å². The number of nitrogens with one attached hydrogen (secondary N) is 1. The van der Waals surface area contributed by atoms with E-state index in [-0.39, 0.29) is 20.7 Å². The Balaban J connectivity index is 2.24. The molecule has 0 atom stereocenters. The van der Waals surface area contributed by atoms with E-state index in [9.17, 15) is 9.59 Å². The quantitative estimate of drug-likeness (QED) is 0.860. The fourth-order valence-electron chi connectivity index (χ4n) is 1.58. The van der Waals surface area contributed by atoms with Gasteiger partial charge in [-0.2, -0.15) is 0 Å². The van der Waals surface area contributed by atoms with E-state index in [0.717, 1.165) is 11.3 Å². The summed E-state index contributed by atoms with van der Waals surface area (Å²) >= 11 is 12.9. The van der Waals surface area contributed by atoms with E-state index in [1.165, 1.54) is 7.11 Å². The Morgan fingerprint density at radius 1 is 1.33 bits per heavy atom. The summed E-state index contributed by atoms with van der Waals surface area (Å²) in [5.41, 5.74) is 0.718. The van der Waals surface area contributed by atoms with Gasteiger partial charge in [0.15, 0.2) is 5.13 Å². The summed E-state index contributed by atoms with van der Waals surface area (Å²) in [6, 6.07) is 4.75. The van der Waals surface area contributed by atoms with Crippen molar-refractivity contribution in [3.05, 3.63) is 44.4 Å². The van der Waals surface area contributed by atoms with Gasteiger partial charge in [-0.25, -0.2) is 9.78 Å². The van der Waals surface area contributed by atoms with Crippen molar-refractivity contribution in [2.45, 2.75) is 6.92 Å². The minimum atomic E-state index is -0.494. The molecule has 21 heavy (non-hydrogen) atoms. The van der Waals surface area contributed by atoms with Gasteiger partial charge in [0, 0.05) is 0 Å². The number of halogens is 2. The zero-order valence-corrected chi connectivity index (χ0v) is 13.4. The molecule has 0 aliphatic carbocycles. The van der Waals surface area contributed by atoms with Crippen molar-refractivity contribution < 1.29 is 14.3 Å². The standard InChI is InChI=1S/C13H10Cl2N2O3S/c1-6-10(12(19)20-2)21-13(16-6)17-11(18)7-4-3-5-8(14)9(7)15/h3-5H,1-2H3,(H,16,17,18). The van der Waals surface area contributed by atoms with Gasteiger partial charge in [-0.15, -0.1) is 0 Å². The molecule has 0 bridgehead atoms. The third-order valence-electron chi connectivity index (χ3n) is 2.58. The van der Waals surface area contributed by atoms with Gasteiger partial charge >= 0.3 is 5.97 Å². The fraction of sp³-hybridized carbons (Fsp3) is 0.154. The lowest BCUT2D eigenvalue weighted by Crippen LogP contribution is -2.12. The van der Waals surface area contributed by atoms with Crippen LogP contribution in [-0.2, 0) is 4.74 Å². The number of methoxy groups -OCH3 is 1. The summed E-state index contributed by atoms with van der Waals surface area (Å²) in [6.07, 6.45) is 0. The molecular formula is C13H10Cl2N2O3S. The minimum Gasteiger partial charge on any atom is -0.465 e. The van der Waals surface area contributed by atoms with Crippen LogP contribution in [0.15, 0.2) is 18.2 Å². The number of hydrogen-bond acceptors (Lipinski definition) is 5. The van der Waals surface area contributed by atoms with Crippen molar-refractivity contribution in [1.29, 1.82) is 0 Å². The zero-order chi connectivity index (χ0) is 15.6. The summed E-state index contributed by atoms with van der Waals surface area (Å²) in [4.78, 5) is 28.1. The van der Waals surface area contributed by atoms with E-state index in [4.69, 9.17) is 23.2 Å². The molecule has 0 aliphatic heterocycles. The maximum absolute atomic E-state index is 12.1. The number of benzene rings is 1. The van der Waals surface area contributed by atoms with Gasteiger partial charge in [-0.3, -0.25) is 10.1 Å². The first-order valence-corrected chi connectivity index (χ1v) is 7.32. The maximum atomic E-state index is 12.1. The van der Waals surface area contributed by atoms with E-state index in [1.54, 1.807) is 25.1 Å². The number of amides is 1. The number of anilines is 1. The molecular weight excluding hydrogens is 335 g/mol. The van der Waals surface area contributed by atoms with Crippen LogP contribution in [0.5, 0.6) is 0 Å². The van der Waals surface area contributed by atoms with E-state index in [2.05, 4.69) is 15.0 Å². The van der Waals surface area contributed by atoms with Crippen LogP contribution in [-0.4, -0.2) is 24.0 Å². The van der Waals surface area contributed by atoms with Crippen molar-refractivity contribution in [1.82, 2.24) is 4.98 Å². The van der Waals surface area contributed by atoms with Crippen LogP contribution in [0.1, 0.15) is 25.7 Å². The van der Waals surface area contributed by atoms with Gasteiger partial charge in [0.1, 0.15) is 4.88 Å². The van der Waals surface area contributed by atoms with Crippen LogP contribution in [0.3, 0.4) is 0 Å². The molecule has 2 aromatic rings. The summed E-state index contributed by atoms with van der Waals surface area (Å²) < 4.78 is 4.64. The molecule has 1 aromatic heterocycles. The van der Waals surface area contributed by atoms with Crippen LogP contribution in [0.2, 0.25) is 10.0 Å². The number of ether oxygens (including phenoxy) is 1. The third-order valence-corrected chi connectivity index (χ3v) is 4.46. The van der Waals surface area contributed by atoms with E-state index in [0.29, 0.717) is 10.6 Å². The van der Waals surface area contributed by atoms with E-state index in [1.807, 2.05) is 0 Å². The maximum Gasteiger partial charge on any atom is 0.350 e. The number of aryl methyl sites for hydroxylation is 1. The van der Waals surface area contributed by atoms with Gasteiger partial charge in [0.2, 0.25) is 0 Å². The van der Waals surface area contributed by atoms with Crippen LogP contribution in [0.4, 0.5) is 5.13 Å². The summed E-state index contributed by atoms with van der Waals surface area (Å²) in [6.45, 7) is 1.66. The molecule has 1 aromatic carbocycles. The molecule has 1 amide bonds. The van der Waals surface area contributed by atoms with Gasteiger partial charge in [-0.05, 0) is 19.1 Å². The van der Waals surface area contributed by atoms with Gasteiger partial charge in [0.25, 0.3) is 5.91 Å². The number of aromatic nitrogens is 1.